The van der Waals surface area contributed by atoms with E-state index in [1.54, 1.807) is 7.11 Å². The van der Waals surface area contributed by atoms with Crippen molar-refractivity contribution >= 4 is 0 Å². The van der Waals surface area contributed by atoms with E-state index < -0.39 is 0 Å². The number of hydrogen-bond donors (Lipinski definition) is 1. The summed E-state index contributed by atoms with van der Waals surface area (Å²) in [5.74, 6) is 0. The first kappa shape index (κ1) is 14.5. The fourth-order valence-electron chi connectivity index (χ4n) is 2.53. The zero-order chi connectivity index (χ0) is 13.7. The highest BCUT2D eigenvalue weighted by molar-refractivity contribution is 5.24. The van der Waals surface area contributed by atoms with Crippen LogP contribution in [0.15, 0.2) is 24.3 Å². The topological polar surface area (TPSA) is 24.5 Å². The Labute approximate surface area is 116 Å². The number of hydrogen-bond acceptors (Lipinski definition) is 3. The largest absolute Gasteiger partial charge is 0.378 e. The van der Waals surface area contributed by atoms with Crippen molar-refractivity contribution < 1.29 is 4.74 Å². The Morgan fingerprint density at radius 2 is 1.89 bits per heavy atom. The molecular weight excluding hydrogens is 236 g/mol. The van der Waals surface area contributed by atoms with Gasteiger partial charge in [0.05, 0.1) is 5.60 Å². The Kier molecular flexibility index (Phi) is 4.97. The van der Waals surface area contributed by atoms with Crippen LogP contribution in [0.1, 0.15) is 25.0 Å². The van der Waals surface area contributed by atoms with Crippen LogP contribution in [0.3, 0.4) is 0 Å². The molecule has 1 heterocycles. The Morgan fingerprint density at radius 1 is 1.21 bits per heavy atom. The fraction of sp³-hybridized carbons (Fsp3) is 0.625. The molecular formula is C16H26N2O. The molecule has 1 aliphatic heterocycles. The molecule has 0 atom stereocenters. The van der Waals surface area contributed by atoms with Crippen LogP contribution >= 0.6 is 0 Å². The lowest BCUT2D eigenvalue weighted by atomic mass is 9.97. The van der Waals surface area contributed by atoms with Crippen molar-refractivity contribution in [3.63, 3.8) is 0 Å². The molecule has 1 aromatic rings. The normalized spacial score (nSPS) is 17.6. The van der Waals surface area contributed by atoms with Gasteiger partial charge in [-0.15, -0.1) is 0 Å². The molecule has 19 heavy (non-hydrogen) atoms. The van der Waals surface area contributed by atoms with Crippen LogP contribution in [-0.2, 0) is 17.7 Å². The summed E-state index contributed by atoms with van der Waals surface area (Å²) < 4.78 is 5.51. The van der Waals surface area contributed by atoms with Gasteiger partial charge in [-0.2, -0.15) is 0 Å². The summed E-state index contributed by atoms with van der Waals surface area (Å²) in [6, 6.07) is 8.91. The molecule has 1 saturated heterocycles. The second kappa shape index (κ2) is 6.51. The highest BCUT2D eigenvalue weighted by Gasteiger charge is 2.17. The van der Waals surface area contributed by atoms with Crippen LogP contribution in [0, 0.1) is 0 Å². The summed E-state index contributed by atoms with van der Waals surface area (Å²) in [7, 11) is 1.78. The molecule has 0 amide bonds. The first-order valence-electron chi connectivity index (χ1n) is 7.15. The smallest absolute Gasteiger partial charge is 0.0662 e. The first-order valence-corrected chi connectivity index (χ1v) is 7.15. The lowest BCUT2D eigenvalue weighted by molar-refractivity contribution is 0.0232. The first-order chi connectivity index (χ1) is 9.09. The zero-order valence-electron chi connectivity index (χ0n) is 12.4. The fourth-order valence-corrected chi connectivity index (χ4v) is 2.53. The van der Waals surface area contributed by atoms with Crippen molar-refractivity contribution in [2.75, 3.05) is 33.3 Å². The third-order valence-corrected chi connectivity index (χ3v) is 3.79. The maximum atomic E-state index is 5.51. The van der Waals surface area contributed by atoms with Crippen LogP contribution < -0.4 is 5.32 Å². The summed E-state index contributed by atoms with van der Waals surface area (Å²) in [5, 5.41) is 3.39. The number of nitrogens with zero attached hydrogens (tertiary/aromatic N) is 1. The van der Waals surface area contributed by atoms with Crippen LogP contribution in [0.5, 0.6) is 0 Å². The van der Waals surface area contributed by atoms with E-state index in [0.29, 0.717) is 0 Å². The highest BCUT2D eigenvalue weighted by atomic mass is 16.5. The molecule has 0 aromatic heterocycles. The number of ether oxygens (including phenoxy) is 1. The second-order valence-electron chi connectivity index (χ2n) is 5.99. The van der Waals surface area contributed by atoms with Crippen molar-refractivity contribution in [3.05, 3.63) is 35.4 Å². The van der Waals surface area contributed by atoms with Crippen LogP contribution in [-0.4, -0.2) is 43.8 Å². The monoisotopic (exact) mass is 262 g/mol. The van der Waals surface area contributed by atoms with E-state index in [2.05, 4.69) is 48.3 Å². The Balaban J connectivity index is 1.98. The van der Waals surface area contributed by atoms with Gasteiger partial charge >= 0.3 is 0 Å². The minimum absolute atomic E-state index is 0.0896. The van der Waals surface area contributed by atoms with Gasteiger partial charge in [0, 0.05) is 46.3 Å². The predicted octanol–water partition coefficient (Wildman–Crippen LogP) is 2.06. The van der Waals surface area contributed by atoms with Crippen molar-refractivity contribution in [2.45, 2.75) is 32.4 Å². The van der Waals surface area contributed by atoms with Gasteiger partial charge in [-0.1, -0.05) is 24.3 Å². The molecule has 0 unspecified atom stereocenters. The molecule has 0 saturated carbocycles. The maximum Gasteiger partial charge on any atom is 0.0662 e. The van der Waals surface area contributed by atoms with E-state index in [1.807, 2.05) is 0 Å². The summed E-state index contributed by atoms with van der Waals surface area (Å²) in [5.41, 5.74) is 2.68. The Morgan fingerprint density at radius 3 is 2.58 bits per heavy atom. The molecule has 106 valence electrons. The molecule has 0 bridgehead atoms. The van der Waals surface area contributed by atoms with Crippen LogP contribution in [0.25, 0.3) is 0 Å². The molecule has 3 nitrogen and oxygen atoms in total. The molecule has 0 radical (unpaired) electrons. The second-order valence-corrected chi connectivity index (χ2v) is 5.99. The summed E-state index contributed by atoms with van der Waals surface area (Å²) >= 11 is 0. The summed E-state index contributed by atoms with van der Waals surface area (Å²) in [6.45, 7) is 9.84. The van der Waals surface area contributed by atoms with E-state index in [-0.39, 0.29) is 5.60 Å². The molecule has 0 spiro atoms. The molecule has 1 aromatic carbocycles. The molecule has 3 heteroatoms. The van der Waals surface area contributed by atoms with E-state index in [1.165, 1.54) is 11.1 Å². The molecule has 1 aliphatic rings. The number of nitrogens with one attached hydrogen (secondary N) is 1. The lowest BCUT2D eigenvalue weighted by Gasteiger charge is -2.27. The maximum absolute atomic E-state index is 5.51. The van der Waals surface area contributed by atoms with Gasteiger partial charge in [-0.05, 0) is 25.0 Å². The van der Waals surface area contributed by atoms with E-state index in [4.69, 9.17) is 4.74 Å². The number of piperazine rings is 1. The van der Waals surface area contributed by atoms with Gasteiger partial charge in [-0.3, -0.25) is 4.90 Å². The van der Waals surface area contributed by atoms with Crippen LogP contribution in [0.4, 0.5) is 0 Å². The number of rotatable bonds is 5. The third-order valence-electron chi connectivity index (χ3n) is 3.79. The zero-order valence-corrected chi connectivity index (χ0v) is 12.4. The van der Waals surface area contributed by atoms with Gasteiger partial charge in [0.15, 0.2) is 0 Å². The van der Waals surface area contributed by atoms with Crippen LogP contribution in [0.2, 0.25) is 0 Å². The standard InChI is InChI=1S/C16H26N2O/c1-16(2,19-3)12-14-5-4-6-15(11-14)13-18-9-7-17-8-10-18/h4-6,11,17H,7-10,12-13H2,1-3H3. The summed E-state index contributed by atoms with van der Waals surface area (Å²) in [6.07, 6.45) is 0.957. The van der Waals surface area contributed by atoms with Gasteiger partial charge in [-0.25, -0.2) is 0 Å². The Bertz CT molecular complexity index is 397. The third kappa shape index (κ3) is 4.60. The minimum atomic E-state index is -0.0896. The quantitative estimate of drug-likeness (QED) is 0.879. The van der Waals surface area contributed by atoms with Crippen molar-refractivity contribution in [2.24, 2.45) is 0 Å². The van der Waals surface area contributed by atoms with Gasteiger partial charge < -0.3 is 10.1 Å². The van der Waals surface area contributed by atoms with E-state index >= 15 is 0 Å². The van der Waals surface area contributed by atoms with Crippen molar-refractivity contribution in [3.8, 4) is 0 Å². The molecule has 2 rings (SSSR count). The van der Waals surface area contributed by atoms with Gasteiger partial charge in [0.25, 0.3) is 0 Å². The average Bonchev–Trinajstić information content (AvgIpc) is 2.40. The Hall–Kier alpha value is -0.900. The van der Waals surface area contributed by atoms with E-state index in [0.717, 1.165) is 39.1 Å². The average molecular weight is 262 g/mol. The molecule has 1 fully saturated rings. The van der Waals surface area contributed by atoms with E-state index in [9.17, 15) is 0 Å². The van der Waals surface area contributed by atoms with Gasteiger partial charge in [0.1, 0.15) is 0 Å². The summed E-state index contributed by atoms with van der Waals surface area (Å²) in [4.78, 5) is 2.51. The van der Waals surface area contributed by atoms with Gasteiger partial charge in [0.2, 0.25) is 0 Å². The predicted molar refractivity (Wildman–Crippen MR) is 79.4 cm³/mol. The van der Waals surface area contributed by atoms with Crippen molar-refractivity contribution in [1.82, 2.24) is 10.2 Å². The number of methoxy groups -OCH3 is 1. The highest BCUT2D eigenvalue weighted by Crippen LogP contribution is 2.17. The minimum Gasteiger partial charge on any atom is -0.378 e. The molecule has 0 aliphatic carbocycles. The number of benzene rings is 1. The van der Waals surface area contributed by atoms with Crippen molar-refractivity contribution in [1.29, 1.82) is 0 Å². The SMILES string of the molecule is COC(C)(C)Cc1cccc(CN2CCNCC2)c1. The molecule has 1 N–H and O–H groups in total. The lowest BCUT2D eigenvalue weighted by Crippen LogP contribution is -2.42.